The molecule has 1 aliphatic rings. The van der Waals surface area contributed by atoms with Crippen molar-refractivity contribution in [2.24, 2.45) is 0 Å². The van der Waals surface area contributed by atoms with E-state index in [1.807, 2.05) is 42.5 Å². The summed E-state index contributed by atoms with van der Waals surface area (Å²) in [4.78, 5) is 2.72. The zero-order valence-corrected chi connectivity index (χ0v) is 13.9. The molecule has 0 spiro atoms. The van der Waals surface area contributed by atoms with E-state index < -0.39 is 10.0 Å². The molecule has 122 valence electrons. The Kier molecular flexibility index (Phi) is 5.10. The van der Waals surface area contributed by atoms with Gasteiger partial charge in [-0.2, -0.15) is 0 Å². The standard InChI is InChI=1S/C18H22N2O2S/c21-23(22,19-14-16-6-2-1-3-7-16)18-10-8-17(9-11-18)15-20-12-4-5-13-20/h1-3,6-11,19H,4-5,12-15H2. The lowest BCUT2D eigenvalue weighted by molar-refractivity contribution is 0.331. The van der Waals surface area contributed by atoms with Gasteiger partial charge in [-0.25, -0.2) is 13.1 Å². The van der Waals surface area contributed by atoms with Crippen molar-refractivity contribution in [2.45, 2.75) is 30.8 Å². The van der Waals surface area contributed by atoms with Crippen molar-refractivity contribution in [3.05, 3.63) is 65.7 Å². The lowest BCUT2D eigenvalue weighted by atomic mass is 10.2. The largest absolute Gasteiger partial charge is 0.299 e. The third-order valence-electron chi connectivity index (χ3n) is 4.15. The van der Waals surface area contributed by atoms with E-state index in [4.69, 9.17) is 0 Å². The zero-order chi connectivity index (χ0) is 16.1. The van der Waals surface area contributed by atoms with E-state index >= 15 is 0 Å². The molecule has 3 rings (SSSR count). The van der Waals surface area contributed by atoms with E-state index in [0.29, 0.717) is 11.4 Å². The Balaban J connectivity index is 1.62. The normalized spacial score (nSPS) is 15.8. The lowest BCUT2D eigenvalue weighted by Gasteiger charge is -2.14. The number of nitrogens with zero attached hydrogens (tertiary/aromatic N) is 1. The Labute approximate surface area is 138 Å². The van der Waals surface area contributed by atoms with E-state index in [9.17, 15) is 8.42 Å². The van der Waals surface area contributed by atoms with Gasteiger partial charge in [0.05, 0.1) is 4.90 Å². The molecular formula is C18H22N2O2S. The van der Waals surface area contributed by atoms with Crippen LogP contribution < -0.4 is 4.72 Å². The number of rotatable bonds is 6. The van der Waals surface area contributed by atoms with Crippen molar-refractivity contribution < 1.29 is 8.42 Å². The summed E-state index contributed by atoms with van der Waals surface area (Å²) in [5.41, 5.74) is 2.11. The van der Waals surface area contributed by atoms with Crippen LogP contribution in [0.3, 0.4) is 0 Å². The van der Waals surface area contributed by atoms with Crippen molar-refractivity contribution in [1.29, 1.82) is 0 Å². The molecule has 0 aromatic heterocycles. The van der Waals surface area contributed by atoms with Gasteiger partial charge in [0.15, 0.2) is 0 Å². The lowest BCUT2D eigenvalue weighted by Crippen LogP contribution is -2.23. The fraction of sp³-hybridized carbons (Fsp3) is 0.333. The van der Waals surface area contributed by atoms with Gasteiger partial charge in [-0.15, -0.1) is 0 Å². The molecule has 5 heteroatoms. The van der Waals surface area contributed by atoms with E-state index in [0.717, 1.165) is 30.8 Å². The predicted molar refractivity (Wildman–Crippen MR) is 91.4 cm³/mol. The maximum atomic E-state index is 12.3. The Morgan fingerprint density at radius 3 is 2.17 bits per heavy atom. The molecule has 0 bridgehead atoms. The summed E-state index contributed by atoms with van der Waals surface area (Å²) in [6.07, 6.45) is 2.52. The van der Waals surface area contributed by atoms with Crippen LogP contribution in [-0.4, -0.2) is 26.4 Å². The van der Waals surface area contributed by atoms with Crippen LogP contribution in [0.4, 0.5) is 0 Å². The molecule has 4 nitrogen and oxygen atoms in total. The summed E-state index contributed by atoms with van der Waals surface area (Å²) >= 11 is 0. The highest BCUT2D eigenvalue weighted by Crippen LogP contribution is 2.15. The highest BCUT2D eigenvalue weighted by molar-refractivity contribution is 7.89. The first kappa shape index (κ1) is 16.2. The minimum atomic E-state index is -3.47. The minimum Gasteiger partial charge on any atom is -0.299 e. The number of benzene rings is 2. The number of nitrogens with one attached hydrogen (secondary N) is 1. The summed E-state index contributed by atoms with van der Waals surface area (Å²) < 4.78 is 27.3. The quantitative estimate of drug-likeness (QED) is 0.886. The Bertz CT molecular complexity index is 721. The van der Waals surface area contributed by atoms with Crippen molar-refractivity contribution in [2.75, 3.05) is 13.1 Å². The van der Waals surface area contributed by atoms with E-state index in [-0.39, 0.29) is 0 Å². The van der Waals surface area contributed by atoms with Crippen LogP contribution in [0.1, 0.15) is 24.0 Å². The van der Waals surface area contributed by atoms with Gasteiger partial charge in [-0.1, -0.05) is 42.5 Å². The second-order valence-electron chi connectivity index (χ2n) is 5.94. The van der Waals surface area contributed by atoms with Crippen LogP contribution in [0.5, 0.6) is 0 Å². The summed E-state index contributed by atoms with van der Waals surface area (Å²) in [7, 11) is -3.47. The molecule has 1 aliphatic heterocycles. The molecule has 0 aliphatic carbocycles. The number of hydrogen-bond donors (Lipinski definition) is 1. The Hall–Kier alpha value is -1.69. The van der Waals surface area contributed by atoms with Crippen molar-refractivity contribution in [3.63, 3.8) is 0 Å². The maximum absolute atomic E-state index is 12.3. The van der Waals surface area contributed by atoms with Gasteiger partial charge in [-0.05, 0) is 49.2 Å². The molecule has 0 atom stereocenters. The fourth-order valence-electron chi connectivity index (χ4n) is 2.83. The third-order valence-corrected chi connectivity index (χ3v) is 5.56. The first-order valence-electron chi connectivity index (χ1n) is 7.98. The van der Waals surface area contributed by atoms with E-state index in [2.05, 4.69) is 9.62 Å². The molecule has 0 amide bonds. The topological polar surface area (TPSA) is 49.4 Å². The average molecular weight is 330 g/mol. The van der Waals surface area contributed by atoms with Crippen LogP contribution >= 0.6 is 0 Å². The van der Waals surface area contributed by atoms with Crippen LogP contribution in [-0.2, 0) is 23.1 Å². The van der Waals surface area contributed by atoms with Gasteiger partial charge < -0.3 is 0 Å². The van der Waals surface area contributed by atoms with Gasteiger partial charge in [-0.3, -0.25) is 4.90 Å². The average Bonchev–Trinajstić information content (AvgIpc) is 3.08. The zero-order valence-electron chi connectivity index (χ0n) is 13.1. The number of sulfonamides is 1. The van der Waals surface area contributed by atoms with Gasteiger partial charge in [0.2, 0.25) is 10.0 Å². The second-order valence-corrected chi connectivity index (χ2v) is 7.70. The van der Waals surface area contributed by atoms with Crippen LogP contribution in [0.25, 0.3) is 0 Å². The Morgan fingerprint density at radius 2 is 1.52 bits per heavy atom. The van der Waals surface area contributed by atoms with Gasteiger partial charge in [0.1, 0.15) is 0 Å². The first-order chi connectivity index (χ1) is 11.1. The first-order valence-corrected chi connectivity index (χ1v) is 9.47. The minimum absolute atomic E-state index is 0.304. The molecule has 23 heavy (non-hydrogen) atoms. The summed E-state index contributed by atoms with van der Waals surface area (Å²) in [6, 6.07) is 16.7. The molecule has 0 saturated carbocycles. The molecule has 1 saturated heterocycles. The van der Waals surface area contributed by atoms with Crippen molar-refractivity contribution in [3.8, 4) is 0 Å². The van der Waals surface area contributed by atoms with E-state index in [1.165, 1.54) is 12.8 Å². The number of hydrogen-bond acceptors (Lipinski definition) is 3. The monoisotopic (exact) mass is 330 g/mol. The second kappa shape index (κ2) is 7.25. The van der Waals surface area contributed by atoms with E-state index in [1.54, 1.807) is 12.1 Å². The third kappa shape index (κ3) is 4.41. The maximum Gasteiger partial charge on any atom is 0.240 e. The smallest absolute Gasteiger partial charge is 0.240 e. The van der Waals surface area contributed by atoms with Gasteiger partial charge in [0.25, 0.3) is 0 Å². The molecular weight excluding hydrogens is 308 g/mol. The number of likely N-dealkylation sites (tertiary alicyclic amines) is 1. The molecule has 1 heterocycles. The van der Waals surface area contributed by atoms with Gasteiger partial charge in [0, 0.05) is 13.1 Å². The molecule has 0 radical (unpaired) electrons. The highest BCUT2D eigenvalue weighted by Gasteiger charge is 2.15. The SMILES string of the molecule is O=S(=O)(NCc1ccccc1)c1ccc(CN2CCCC2)cc1. The Morgan fingerprint density at radius 1 is 0.870 bits per heavy atom. The molecule has 2 aromatic rings. The van der Waals surface area contributed by atoms with Crippen LogP contribution in [0.15, 0.2) is 59.5 Å². The van der Waals surface area contributed by atoms with Crippen molar-refractivity contribution in [1.82, 2.24) is 9.62 Å². The molecule has 1 fully saturated rings. The van der Waals surface area contributed by atoms with Crippen LogP contribution in [0.2, 0.25) is 0 Å². The van der Waals surface area contributed by atoms with Crippen molar-refractivity contribution >= 4 is 10.0 Å². The van der Waals surface area contributed by atoms with Crippen LogP contribution in [0, 0.1) is 0 Å². The highest BCUT2D eigenvalue weighted by atomic mass is 32.2. The van der Waals surface area contributed by atoms with Gasteiger partial charge >= 0.3 is 0 Å². The predicted octanol–water partition coefficient (Wildman–Crippen LogP) is 2.76. The summed E-state index contributed by atoms with van der Waals surface area (Å²) in [5.74, 6) is 0. The summed E-state index contributed by atoms with van der Waals surface area (Å²) in [5, 5.41) is 0. The molecule has 2 aromatic carbocycles. The molecule has 1 N–H and O–H groups in total. The fourth-order valence-corrected chi connectivity index (χ4v) is 3.85. The summed E-state index contributed by atoms with van der Waals surface area (Å²) in [6.45, 7) is 3.48. The molecule has 0 unspecified atom stereocenters.